The number of aryl methyl sites for hydroxylation is 2. The van der Waals surface area contributed by atoms with Crippen LogP contribution in [0.5, 0.6) is 0 Å². The fourth-order valence-electron chi connectivity index (χ4n) is 2.46. The minimum atomic E-state index is -3.95. The maximum absolute atomic E-state index is 12.8. The quantitative estimate of drug-likeness (QED) is 0.731. The van der Waals surface area contributed by atoms with E-state index < -0.39 is 15.9 Å². The number of nitrogens with one attached hydrogen (secondary N) is 2. The highest BCUT2D eigenvalue weighted by molar-refractivity contribution is 7.92. The van der Waals surface area contributed by atoms with Gasteiger partial charge in [0, 0.05) is 24.4 Å². The summed E-state index contributed by atoms with van der Waals surface area (Å²) in [5, 5.41) is 2.77. The fourth-order valence-corrected chi connectivity index (χ4v) is 4.04. The molecule has 0 aliphatic heterocycles. The maximum atomic E-state index is 12.8. The average molecular weight is 411 g/mol. The van der Waals surface area contributed by atoms with Crippen LogP contribution in [0.4, 0.5) is 5.69 Å². The summed E-state index contributed by atoms with van der Waals surface area (Å²) in [7, 11) is -2.42. The molecule has 0 unspecified atom stereocenters. The van der Waals surface area contributed by atoms with E-state index in [1.165, 1.54) is 25.3 Å². The molecule has 6 nitrogen and oxygen atoms in total. The van der Waals surface area contributed by atoms with Crippen LogP contribution in [-0.2, 0) is 14.8 Å². The lowest BCUT2D eigenvalue weighted by Crippen LogP contribution is -2.35. The molecule has 0 aromatic heterocycles. The maximum Gasteiger partial charge on any atom is 0.263 e. The normalized spacial score (nSPS) is 12.5. The number of hydrogen-bond donors (Lipinski definition) is 2. The Morgan fingerprint density at radius 2 is 1.85 bits per heavy atom. The number of hydrogen-bond acceptors (Lipinski definition) is 4. The van der Waals surface area contributed by atoms with Gasteiger partial charge in [0.25, 0.3) is 15.9 Å². The zero-order chi connectivity index (χ0) is 20.2. The predicted octanol–water partition coefficient (Wildman–Crippen LogP) is 3.52. The van der Waals surface area contributed by atoms with E-state index in [-0.39, 0.29) is 21.5 Å². The molecular formula is C19H23ClN2O4S. The summed E-state index contributed by atoms with van der Waals surface area (Å²) in [5.41, 5.74) is 2.64. The van der Waals surface area contributed by atoms with Gasteiger partial charge in [0.2, 0.25) is 0 Å². The first-order valence-corrected chi connectivity index (χ1v) is 10.2. The van der Waals surface area contributed by atoms with Gasteiger partial charge >= 0.3 is 0 Å². The summed E-state index contributed by atoms with van der Waals surface area (Å²) >= 11 is 6.09. The molecule has 2 aromatic rings. The molecule has 0 saturated heterocycles. The molecule has 0 heterocycles. The van der Waals surface area contributed by atoms with E-state index >= 15 is 0 Å². The monoisotopic (exact) mass is 410 g/mol. The number of ether oxygens (including phenoxy) is 1. The van der Waals surface area contributed by atoms with Crippen molar-refractivity contribution in [2.75, 3.05) is 18.4 Å². The molecule has 0 spiro atoms. The molecule has 0 saturated carbocycles. The van der Waals surface area contributed by atoms with Crippen molar-refractivity contribution in [3.63, 3.8) is 0 Å². The third kappa shape index (κ3) is 5.45. The lowest BCUT2D eigenvalue weighted by atomic mass is 10.1. The number of anilines is 1. The highest BCUT2D eigenvalue weighted by atomic mass is 35.5. The minimum Gasteiger partial charge on any atom is -0.383 e. The molecule has 0 fully saturated rings. The molecule has 2 N–H and O–H groups in total. The first-order chi connectivity index (χ1) is 12.6. The van der Waals surface area contributed by atoms with E-state index in [2.05, 4.69) is 10.0 Å². The van der Waals surface area contributed by atoms with Crippen molar-refractivity contribution in [3.05, 3.63) is 58.1 Å². The van der Waals surface area contributed by atoms with E-state index in [0.717, 1.165) is 11.1 Å². The van der Waals surface area contributed by atoms with Gasteiger partial charge in [-0.1, -0.05) is 17.7 Å². The van der Waals surface area contributed by atoms with Crippen LogP contribution in [0.1, 0.15) is 28.4 Å². The van der Waals surface area contributed by atoms with Gasteiger partial charge in [-0.15, -0.1) is 0 Å². The van der Waals surface area contributed by atoms with Crippen molar-refractivity contribution < 1.29 is 17.9 Å². The zero-order valence-electron chi connectivity index (χ0n) is 15.7. The number of sulfonamides is 1. The Labute approximate surface area is 164 Å². The highest BCUT2D eigenvalue weighted by Crippen LogP contribution is 2.26. The van der Waals surface area contributed by atoms with Gasteiger partial charge in [-0.25, -0.2) is 8.42 Å². The Morgan fingerprint density at radius 1 is 1.15 bits per heavy atom. The topological polar surface area (TPSA) is 84.5 Å². The molecule has 0 bridgehead atoms. The van der Waals surface area contributed by atoms with E-state index in [1.807, 2.05) is 19.9 Å². The molecule has 0 aliphatic rings. The number of benzene rings is 2. The summed E-state index contributed by atoms with van der Waals surface area (Å²) in [6.45, 7) is 5.97. The predicted molar refractivity (Wildman–Crippen MR) is 107 cm³/mol. The SMILES string of the molecule is COC[C@H](C)NC(=O)c1ccc(Cl)c(S(=O)(=O)Nc2ccc(C)c(C)c2)c1. The van der Waals surface area contributed by atoms with Crippen LogP contribution >= 0.6 is 11.6 Å². The number of halogens is 1. The molecule has 0 radical (unpaired) electrons. The molecule has 8 heteroatoms. The lowest BCUT2D eigenvalue weighted by molar-refractivity contribution is 0.0905. The molecule has 1 atom stereocenters. The summed E-state index contributed by atoms with van der Waals surface area (Å²) in [5.74, 6) is -0.404. The van der Waals surface area contributed by atoms with E-state index in [1.54, 1.807) is 19.1 Å². The van der Waals surface area contributed by atoms with Crippen LogP contribution in [0, 0.1) is 13.8 Å². The molecule has 2 rings (SSSR count). The third-order valence-electron chi connectivity index (χ3n) is 4.04. The van der Waals surface area contributed by atoms with Crippen LogP contribution in [0.15, 0.2) is 41.3 Å². The summed E-state index contributed by atoms with van der Waals surface area (Å²) < 4.78 is 33.0. The summed E-state index contributed by atoms with van der Waals surface area (Å²) in [4.78, 5) is 12.2. The van der Waals surface area contributed by atoms with Crippen LogP contribution in [0.25, 0.3) is 0 Å². The Hall–Kier alpha value is -2.09. The fraction of sp³-hybridized carbons (Fsp3) is 0.316. The van der Waals surface area contributed by atoms with Crippen molar-refractivity contribution in [3.8, 4) is 0 Å². The number of carbonyl (C=O) groups is 1. The average Bonchev–Trinajstić information content (AvgIpc) is 2.58. The van der Waals surface area contributed by atoms with Crippen LogP contribution < -0.4 is 10.0 Å². The standard InChI is InChI=1S/C19H23ClN2O4S/c1-12-5-7-16(9-13(12)2)22-27(24,25)18-10-15(6-8-17(18)20)19(23)21-14(3)11-26-4/h5-10,14,22H,11H2,1-4H3,(H,21,23)/t14-/m0/s1. The van der Waals surface area contributed by atoms with Gasteiger partial charge in [-0.3, -0.25) is 9.52 Å². The molecule has 27 heavy (non-hydrogen) atoms. The van der Waals surface area contributed by atoms with Gasteiger partial charge in [-0.05, 0) is 62.2 Å². The molecule has 0 aliphatic carbocycles. The first-order valence-electron chi connectivity index (χ1n) is 8.33. The summed E-state index contributed by atoms with van der Waals surface area (Å²) in [6.07, 6.45) is 0. The van der Waals surface area contributed by atoms with Crippen molar-refractivity contribution in [2.45, 2.75) is 31.7 Å². The van der Waals surface area contributed by atoms with Gasteiger partial charge in [0.1, 0.15) is 4.90 Å². The second kappa shape index (κ2) is 8.73. The molecular weight excluding hydrogens is 388 g/mol. The van der Waals surface area contributed by atoms with E-state index in [0.29, 0.717) is 12.3 Å². The van der Waals surface area contributed by atoms with E-state index in [9.17, 15) is 13.2 Å². The number of carbonyl (C=O) groups excluding carboxylic acids is 1. The lowest BCUT2D eigenvalue weighted by Gasteiger charge is -2.14. The Balaban J connectivity index is 2.30. The van der Waals surface area contributed by atoms with E-state index in [4.69, 9.17) is 16.3 Å². The molecule has 2 aromatic carbocycles. The van der Waals surface area contributed by atoms with Crippen LogP contribution in [0.3, 0.4) is 0 Å². The van der Waals surface area contributed by atoms with Crippen molar-refractivity contribution in [1.82, 2.24) is 5.32 Å². The third-order valence-corrected chi connectivity index (χ3v) is 5.90. The van der Waals surface area contributed by atoms with Gasteiger partial charge < -0.3 is 10.1 Å². The van der Waals surface area contributed by atoms with Crippen LogP contribution in [0.2, 0.25) is 5.02 Å². The van der Waals surface area contributed by atoms with Gasteiger partial charge in [0.05, 0.1) is 11.6 Å². The Morgan fingerprint density at radius 3 is 2.48 bits per heavy atom. The van der Waals surface area contributed by atoms with Crippen molar-refractivity contribution in [1.29, 1.82) is 0 Å². The van der Waals surface area contributed by atoms with Gasteiger partial charge in [-0.2, -0.15) is 0 Å². The Kier molecular flexibility index (Phi) is 6.86. The largest absolute Gasteiger partial charge is 0.383 e. The first kappa shape index (κ1) is 21.2. The highest BCUT2D eigenvalue weighted by Gasteiger charge is 2.21. The zero-order valence-corrected chi connectivity index (χ0v) is 17.2. The second-order valence-electron chi connectivity index (χ2n) is 6.38. The molecule has 146 valence electrons. The number of methoxy groups -OCH3 is 1. The van der Waals surface area contributed by atoms with Crippen molar-refractivity contribution in [2.24, 2.45) is 0 Å². The smallest absolute Gasteiger partial charge is 0.263 e. The van der Waals surface area contributed by atoms with Crippen molar-refractivity contribution >= 4 is 33.2 Å². The number of rotatable bonds is 7. The van der Waals surface area contributed by atoms with Crippen LogP contribution in [-0.4, -0.2) is 34.1 Å². The number of amides is 1. The minimum absolute atomic E-state index is 0.0350. The second-order valence-corrected chi connectivity index (χ2v) is 8.44. The van der Waals surface area contributed by atoms with Gasteiger partial charge in [0.15, 0.2) is 0 Å². The Bertz CT molecular complexity index is 945. The molecule has 1 amide bonds. The summed E-state index contributed by atoms with van der Waals surface area (Å²) in [6, 6.07) is 9.17.